The third-order valence-electron chi connectivity index (χ3n) is 2.49. The van der Waals surface area contributed by atoms with E-state index in [1.54, 1.807) is 19.4 Å². The molecule has 0 bridgehead atoms. The highest BCUT2D eigenvalue weighted by Gasteiger charge is 2.16. The lowest BCUT2D eigenvalue weighted by atomic mass is 10.1. The highest BCUT2D eigenvalue weighted by Crippen LogP contribution is 2.06. The molecule has 1 heterocycles. The summed E-state index contributed by atoms with van der Waals surface area (Å²) in [6.45, 7) is 4.26. The standard InChI is InChI=1S/C12H19N3O2/c1-8(2)11(13)12(16)15-7-9-4-5-10(17-3)14-6-9/h4-6,8,11H,7,13H2,1-3H3,(H,15,16)/t11-/m1/s1. The summed E-state index contributed by atoms with van der Waals surface area (Å²) in [6, 6.07) is 3.14. The van der Waals surface area contributed by atoms with Crippen molar-refractivity contribution in [3.63, 3.8) is 0 Å². The zero-order chi connectivity index (χ0) is 12.8. The van der Waals surface area contributed by atoms with Gasteiger partial charge < -0.3 is 15.8 Å². The van der Waals surface area contributed by atoms with E-state index in [-0.39, 0.29) is 11.8 Å². The predicted molar refractivity (Wildman–Crippen MR) is 65.4 cm³/mol. The fourth-order valence-corrected chi connectivity index (χ4v) is 1.25. The van der Waals surface area contributed by atoms with E-state index in [1.807, 2.05) is 19.9 Å². The molecule has 0 unspecified atom stereocenters. The van der Waals surface area contributed by atoms with Gasteiger partial charge in [0.1, 0.15) is 0 Å². The number of nitrogens with one attached hydrogen (secondary N) is 1. The molecule has 0 saturated heterocycles. The van der Waals surface area contributed by atoms with E-state index in [1.165, 1.54) is 0 Å². The van der Waals surface area contributed by atoms with Gasteiger partial charge in [0.2, 0.25) is 11.8 Å². The first-order valence-electron chi connectivity index (χ1n) is 5.56. The summed E-state index contributed by atoms with van der Waals surface area (Å²) in [5.41, 5.74) is 6.63. The first kappa shape index (κ1) is 13.4. The second-order valence-electron chi connectivity index (χ2n) is 4.20. The summed E-state index contributed by atoms with van der Waals surface area (Å²) in [5, 5.41) is 2.77. The fourth-order valence-electron chi connectivity index (χ4n) is 1.25. The molecule has 94 valence electrons. The number of carbonyl (C=O) groups excluding carboxylic acids is 1. The number of nitrogens with two attached hydrogens (primary N) is 1. The van der Waals surface area contributed by atoms with Crippen molar-refractivity contribution >= 4 is 5.91 Å². The summed E-state index contributed by atoms with van der Waals surface area (Å²) < 4.78 is 4.95. The van der Waals surface area contributed by atoms with Gasteiger partial charge in [-0.1, -0.05) is 19.9 Å². The van der Waals surface area contributed by atoms with Gasteiger partial charge in [-0.05, 0) is 11.5 Å². The van der Waals surface area contributed by atoms with E-state index in [9.17, 15) is 4.79 Å². The van der Waals surface area contributed by atoms with Gasteiger partial charge in [0.15, 0.2) is 0 Å². The Balaban J connectivity index is 2.47. The summed E-state index contributed by atoms with van der Waals surface area (Å²) >= 11 is 0. The minimum absolute atomic E-state index is 0.129. The van der Waals surface area contributed by atoms with Crippen LogP contribution >= 0.6 is 0 Å². The van der Waals surface area contributed by atoms with Crippen LogP contribution in [0.1, 0.15) is 19.4 Å². The molecule has 0 aromatic carbocycles. The van der Waals surface area contributed by atoms with Gasteiger partial charge in [-0.2, -0.15) is 0 Å². The molecule has 1 aromatic heterocycles. The van der Waals surface area contributed by atoms with Gasteiger partial charge in [0.25, 0.3) is 0 Å². The number of aromatic nitrogens is 1. The Morgan fingerprint density at radius 3 is 2.71 bits per heavy atom. The second kappa shape index (κ2) is 6.20. The lowest BCUT2D eigenvalue weighted by Gasteiger charge is -2.15. The Hall–Kier alpha value is -1.62. The van der Waals surface area contributed by atoms with E-state index in [0.29, 0.717) is 12.4 Å². The minimum Gasteiger partial charge on any atom is -0.481 e. The molecular formula is C12H19N3O2. The zero-order valence-electron chi connectivity index (χ0n) is 10.4. The molecule has 0 fully saturated rings. The van der Waals surface area contributed by atoms with Crippen LogP contribution in [0.25, 0.3) is 0 Å². The molecule has 0 aliphatic heterocycles. The molecule has 5 nitrogen and oxygen atoms in total. The van der Waals surface area contributed by atoms with Crippen molar-refractivity contribution in [3.05, 3.63) is 23.9 Å². The van der Waals surface area contributed by atoms with Crippen molar-refractivity contribution in [1.82, 2.24) is 10.3 Å². The van der Waals surface area contributed by atoms with Crippen LogP contribution in [0.3, 0.4) is 0 Å². The predicted octanol–water partition coefficient (Wildman–Crippen LogP) is 0.690. The lowest BCUT2D eigenvalue weighted by molar-refractivity contribution is -0.123. The molecule has 0 saturated carbocycles. The second-order valence-corrected chi connectivity index (χ2v) is 4.20. The SMILES string of the molecule is COc1ccc(CNC(=O)[C@H](N)C(C)C)cn1. The van der Waals surface area contributed by atoms with Gasteiger partial charge >= 0.3 is 0 Å². The molecule has 0 aliphatic rings. The highest BCUT2D eigenvalue weighted by molar-refractivity contribution is 5.81. The summed E-state index contributed by atoms with van der Waals surface area (Å²) in [4.78, 5) is 15.7. The van der Waals surface area contributed by atoms with Gasteiger partial charge in [0, 0.05) is 18.8 Å². The molecule has 5 heteroatoms. The molecule has 17 heavy (non-hydrogen) atoms. The summed E-state index contributed by atoms with van der Waals surface area (Å²) in [6.07, 6.45) is 1.67. The molecular weight excluding hydrogens is 218 g/mol. The van der Waals surface area contributed by atoms with E-state index < -0.39 is 6.04 Å². The monoisotopic (exact) mass is 237 g/mol. The third kappa shape index (κ3) is 4.03. The number of amides is 1. The average molecular weight is 237 g/mol. The number of hydrogen-bond donors (Lipinski definition) is 2. The molecule has 3 N–H and O–H groups in total. The molecule has 0 spiro atoms. The van der Waals surface area contributed by atoms with Crippen molar-refractivity contribution in [2.24, 2.45) is 11.7 Å². The smallest absolute Gasteiger partial charge is 0.237 e. The van der Waals surface area contributed by atoms with Gasteiger partial charge in [-0.3, -0.25) is 4.79 Å². The topological polar surface area (TPSA) is 77.2 Å². The number of ether oxygens (including phenoxy) is 1. The third-order valence-corrected chi connectivity index (χ3v) is 2.49. The Morgan fingerprint density at radius 1 is 1.53 bits per heavy atom. The van der Waals surface area contributed by atoms with Crippen molar-refractivity contribution in [3.8, 4) is 5.88 Å². The maximum Gasteiger partial charge on any atom is 0.237 e. The number of carbonyl (C=O) groups is 1. The van der Waals surface area contributed by atoms with E-state index in [4.69, 9.17) is 10.5 Å². The number of hydrogen-bond acceptors (Lipinski definition) is 4. The van der Waals surface area contributed by atoms with Gasteiger partial charge in [0.05, 0.1) is 13.2 Å². The minimum atomic E-state index is -0.471. The Kier molecular flexibility index (Phi) is 4.90. The summed E-state index contributed by atoms with van der Waals surface area (Å²) in [5.74, 6) is 0.541. The van der Waals surface area contributed by atoms with Crippen molar-refractivity contribution in [2.75, 3.05) is 7.11 Å². The summed E-state index contributed by atoms with van der Waals surface area (Å²) in [7, 11) is 1.56. The highest BCUT2D eigenvalue weighted by atomic mass is 16.5. The van der Waals surface area contributed by atoms with Crippen LogP contribution in [0.5, 0.6) is 5.88 Å². The Morgan fingerprint density at radius 2 is 2.24 bits per heavy atom. The quantitative estimate of drug-likeness (QED) is 0.790. The van der Waals surface area contributed by atoms with Gasteiger partial charge in [-0.25, -0.2) is 4.98 Å². The number of nitrogens with zero attached hydrogens (tertiary/aromatic N) is 1. The first-order valence-corrected chi connectivity index (χ1v) is 5.56. The molecule has 0 aliphatic carbocycles. The molecule has 1 amide bonds. The molecule has 1 rings (SSSR count). The van der Waals surface area contributed by atoms with E-state index in [0.717, 1.165) is 5.56 Å². The van der Waals surface area contributed by atoms with Crippen molar-refractivity contribution in [1.29, 1.82) is 0 Å². The normalized spacial score (nSPS) is 12.3. The van der Waals surface area contributed by atoms with Gasteiger partial charge in [-0.15, -0.1) is 0 Å². The van der Waals surface area contributed by atoms with Crippen LogP contribution in [-0.2, 0) is 11.3 Å². The maximum atomic E-state index is 11.6. The number of rotatable bonds is 5. The molecule has 1 atom stereocenters. The van der Waals surface area contributed by atoms with Crippen LogP contribution < -0.4 is 15.8 Å². The van der Waals surface area contributed by atoms with Crippen LogP contribution in [-0.4, -0.2) is 24.0 Å². The van der Waals surface area contributed by atoms with Crippen LogP contribution in [0.2, 0.25) is 0 Å². The first-order chi connectivity index (χ1) is 8.04. The molecule has 0 radical (unpaired) electrons. The molecule has 1 aromatic rings. The maximum absolute atomic E-state index is 11.6. The van der Waals surface area contributed by atoms with Crippen molar-refractivity contribution in [2.45, 2.75) is 26.4 Å². The van der Waals surface area contributed by atoms with Crippen LogP contribution in [0.15, 0.2) is 18.3 Å². The Bertz CT molecular complexity index is 363. The largest absolute Gasteiger partial charge is 0.481 e. The van der Waals surface area contributed by atoms with Crippen LogP contribution in [0, 0.1) is 5.92 Å². The lowest BCUT2D eigenvalue weighted by Crippen LogP contribution is -2.43. The van der Waals surface area contributed by atoms with Crippen molar-refractivity contribution < 1.29 is 9.53 Å². The average Bonchev–Trinajstić information content (AvgIpc) is 2.35. The number of methoxy groups -OCH3 is 1. The zero-order valence-corrected chi connectivity index (χ0v) is 10.4. The fraction of sp³-hybridized carbons (Fsp3) is 0.500. The Labute approximate surface area is 101 Å². The van der Waals surface area contributed by atoms with E-state index >= 15 is 0 Å². The van der Waals surface area contributed by atoms with Crippen LogP contribution in [0.4, 0.5) is 0 Å². The number of pyridine rings is 1. The van der Waals surface area contributed by atoms with E-state index in [2.05, 4.69) is 10.3 Å².